The molecule has 1 aliphatic heterocycles. The molecule has 0 bridgehead atoms. The summed E-state index contributed by atoms with van der Waals surface area (Å²) >= 11 is 0. The van der Waals surface area contributed by atoms with Gasteiger partial charge in [0.15, 0.2) is 0 Å². The van der Waals surface area contributed by atoms with Gasteiger partial charge in [-0.3, -0.25) is 4.90 Å². The molecule has 1 fully saturated rings. The lowest BCUT2D eigenvalue weighted by atomic mass is 10.4. The molecule has 1 saturated heterocycles. The molecule has 1 aliphatic rings. The van der Waals surface area contributed by atoms with Crippen LogP contribution in [0, 0.1) is 0 Å². The van der Waals surface area contributed by atoms with Crippen molar-refractivity contribution in [3.05, 3.63) is 0 Å². The van der Waals surface area contributed by atoms with Gasteiger partial charge in [0, 0.05) is 46.3 Å². The van der Waals surface area contributed by atoms with Crippen molar-refractivity contribution in [2.24, 2.45) is 0 Å². The minimum absolute atomic E-state index is 0.228. The van der Waals surface area contributed by atoms with E-state index in [0.29, 0.717) is 13.1 Å². The van der Waals surface area contributed by atoms with Crippen LogP contribution in [0.5, 0.6) is 0 Å². The van der Waals surface area contributed by atoms with Crippen molar-refractivity contribution >= 4 is 10.0 Å². The third kappa shape index (κ3) is 6.67. The molecular weight excluding hydrogens is 264 g/mol. The summed E-state index contributed by atoms with van der Waals surface area (Å²) in [7, 11) is 2.58. The Morgan fingerprint density at radius 1 is 1.11 bits per heavy atom. The van der Waals surface area contributed by atoms with Crippen LogP contribution in [0.3, 0.4) is 0 Å². The third-order valence-corrected chi connectivity index (χ3v) is 5.26. The van der Waals surface area contributed by atoms with E-state index in [2.05, 4.69) is 15.1 Å². The second-order valence-corrected chi connectivity index (χ2v) is 7.58. The van der Waals surface area contributed by atoms with Gasteiger partial charge in [-0.15, -0.1) is 0 Å². The quantitative estimate of drug-likeness (QED) is 0.629. The summed E-state index contributed by atoms with van der Waals surface area (Å²) in [4.78, 5) is 4.28. The Balaban J connectivity index is 2.28. The van der Waals surface area contributed by atoms with Gasteiger partial charge in [-0.2, -0.15) is 0 Å². The molecular formula is C12H28N4O2S. The summed E-state index contributed by atoms with van der Waals surface area (Å²) in [5.74, 6) is 0.228. The predicted molar refractivity (Wildman–Crippen MR) is 78.9 cm³/mol. The normalized spacial score (nSPS) is 18.4. The van der Waals surface area contributed by atoms with E-state index >= 15 is 0 Å². The lowest BCUT2D eigenvalue weighted by molar-refractivity contribution is 0.252. The standard InChI is InChI=1S/C12H28N4O2S/c1-14(2)7-4-8-15(3)19(17,18)12-11-16-9-5-13-6-10-16/h13H,4-12H2,1-3H3. The molecule has 0 atom stereocenters. The van der Waals surface area contributed by atoms with Gasteiger partial charge in [0.1, 0.15) is 0 Å². The van der Waals surface area contributed by atoms with Crippen molar-refractivity contribution in [1.29, 1.82) is 0 Å². The molecule has 0 radical (unpaired) electrons. The van der Waals surface area contributed by atoms with Crippen molar-refractivity contribution in [1.82, 2.24) is 19.4 Å². The van der Waals surface area contributed by atoms with Gasteiger partial charge in [0.05, 0.1) is 5.75 Å². The fourth-order valence-corrected chi connectivity index (χ4v) is 3.29. The number of nitrogens with zero attached hydrogens (tertiary/aromatic N) is 3. The van der Waals surface area contributed by atoms with Gasteiger partial charge < -0.3 is 10.2 Å². The highest BCUT2D eigenvalue weighted by molar-refractivity contribution is 7.89. The highest BCUT2D eigenvalue weighted by atomic mass is 32.2. The van der Waals surface area contributed by atoms with Crippen LogP contribution in [-0.4, -0.2) is 95.2 Å². The molecule has 0 aromatic rings. The molecule has 0 amide bonds. The van der Waals surface area contributed by atoms with Gasteiger partial charge in [-0.05, 0) is 27.1 Å². The number of piperazine rings is 1. The van der Waals surface area contributed by atoms with Crippen LogP contribution in [0.1, 0.15) is 6.42 Å². The smallest absolute Gasteiger partial charge is 0.215 e. The van der Waals surface area contributed by atoms with E-state index in [1.54, 1.807) is 7.05 Å². The van der Waals surface area contributed by atoms with Crippen LogP contribution >= 0.6 is 0 Å². The summed E-state index contributed by atoms with van der Waals surface area (Å²) in [6.45, 7) is 5.96. The lowest BCUT2D eigenvalue weighted by Gasteiger charge is -2.27. The van der Waals surface area contributed by atoms with Crippen molar-refractivity contribution in [3.8, 4) is 0 Å². The first-order valence-electron chi connectivity index (χ1n) is 6.93. The monoisotopic (exact) mass is 292 g/mol. The van der Waals surface area contributed by atoms with Crippen LogP contribution in [-0.2, 0) is 10.0 Å². The minimum atomic E-state index is -3.10. The van der Waals surface area contributed by atoms with Crippen molar-refractivity contribution in [3.63, 3.8) is 0 Å². The lowest BCUT2D eigenvalue weighted by Crippen LogP contribution is -2.46. The summed E-state index contributed by atoms with van der Waals surface area (Å²) in [5.41, 5.74) is 0. The van der Waals surface area contributed by atoms with E-state index in [9.17, 15) is 8.42 Å². The summed E-state index contributed by atoms with van der Waals surface area (Å²) in [5, 5.41) is 3.27. The van der Waals surface area contributed by atoms with Gasteiger partial charge in [0.25, 0.3) is 0 Å². The molecule has 114 valence electrons. The van der Waals surface area contributed by atoms with Crippen LogP contribution in [0.2, 0.25) is 0 Å². The molecule has 0 aromatic heterocycles. The molecule has 1 rings (SSSR count). The Labute approximate surface area is 117 Å². The second kappa shape index (κ2) is 8.16. The van der Waals surface area contributed by atoms with E-state index < -0.39 is 10.0 Å². The molecule has 0 saturated carbocycles. The molecule has 0 spiro atoms. The number of rotatable bonds is 8. The number of hydrogen-bond donors (Lipinski definition) is 1. The first kappa shape index (κ1) is 16.8. The maximum Gasteiger partial charge on any atom is 0.215 e. The largest absolute Gasteiger partial charge is 0.314 e. The highest BCUT2D eigenvalue weighted by Crippen LogP contribution is 2.02. The van der Waals surface area contributed by atoms with Gasteiger partial charge >= 0.3 is 0 Å². The molecule has 0 aromatic carbocycles. The van der Waals surface area contributed by atoms with E-state index in [1.807, 2.05) is 14.1 Å². The molecule has 1 N–H and O–H groups in total. The summed E-state index contributed by atoms with van der Waals surface area (Å²) < 4.78 is 25.7. The van der Waals surface area contributed by atoms with Crippen LogP contribution in [0.15, 0.2) is 0 Å². The third-order valence-electron chi connectivity index (χ3n) is 3.43. The van der Waals surface area contributed by atoms with E-state index in [1.165, 1.54) is 4.31 Å². The van der Waals surface area contributed by atoms with Gasteiger partial charge in [-0.25, -0.2) is 12.7 Å². The Morgan fingerprint density at radius 2 is 1.74 bits per heavy atom. The summed E-state index contributed by atoms with van der Waals surface area (Å²) in [6, 6.07) is 0. The first-order valence-corrected chi connectivity index (χ1v) is 8.54. The Hall–Kier alpha value is -0.210. The zero-order valence-corrected chi connectivity index (χ0v) is 13.2. The van der Waals surface area contributed by atoms with Crippen molar-refractivity contribution in [2.45, 2.75) is 6.42 Å². The Morgan fingerprint density at radius 3 is 2.32 bits per heavy atom. The predicted octanol–water partition coefficient (Wildman–Crippen LogP) is -0.895. The Bertz CT molecular complexity index is 340. The first-order chi connectivity index (χ1) is 8.92. The average Bonchev–Trinajstić information content (AvgIpc) is 2.37. The zero-order valence-electron chi connectivity index (χ0n) is 12.4. The molecule has 19 heavy (non-hydrogen) atoms. The zero-order chi connectivity index (χ0) is 14.3. The number of hydrogen-bond acceptors (Lipinski definition) is 5. The number of sulfonamides is 1. The summed E-state index contributed by atoms with van der Waals surface area (Å²) in [6.07, 6.45) is 0.871. The van der Waals surface area contributed by atoms with Crippen LogP contribution in [0.4, 0.5) is 0 Å². The van der Waals surface area contributed by atoms with E-state index in [4.69, 9.17) is 0 Å². The highest BCUT2D eigenvalue weighted by Gasteiger charge is 2.19. The molecule has 1 heterocycles. The fraction of sp³-hybridized carbons (Fsp3) is 1.00. The maximum absolute atomic E-state index is 12.1. The van der Waals surface area contributed by atoms with E-state index in [-0.39, 0.29) is 5.75 Å². The molecule has 6 nitrogen and oxygen atoms in total. The minimum Gasteiger partial charge on any atom is -0.314 e. The molecule has 7 heteroatoms. The van der Waals surface area contributed by atoms with Crippen molar-refractivity contribution < 1.29 is 8.42 Å². The van der Waals surface area contributed by atoms with Gasteiger partial charge in [-0.1, -0.05) is 0 Å². The molecule has 0 aliphatic carbocycles. The van der Waals surface area contributed by atoms with Crippen LogP contribution in [0.25, 0.3) is 0 Å². The van der Waals surface area contributed by atoms with Gasteiger partial charge in [0.2, 0.25) is 10.0 Å². The van der Waals surface area contributed by atoms with E-state index in [0.717, 1.165) is 39.1 Å². The SMILES string of the molecule is CN(C)CCCN(C)S(=O)(=O)CCN1CCNCC1. The second-order valence-electron chi connectivity index (χ2n) is 5.39. The topological polar surface area (TPSA) is 55.9 Å². The average molecular weight is 292 g/mol. The maximum atomic E-state index is 12.1. The molecule has 0 unspecified atom stereocenters. The van der Waals surface area contributed by atoms with Crippen LogP contribution < -0.4 is 5.32 Å². The van der Waals surface area contributed by atoms with Crippen molar-refractivity contribution in [2.75, 3.05) is 72.7 Å². The Kier molecular flexibility index (Phi) is 7.23. The fourth-order valence-electron chi connectivity index (χ4n) is 2.08. The number of nitrogens with one attached hydrogen (secondary N) is 1.